The highest BCUT2D eigenvalue weighted by atomic mass is 19.1. The maximum atomic E-state index is 13.8. The van der Waals surface area contributed by atoms with Crippen LogP contribution in [0.25, 0.3) is 0 Å². The number of aryl methyl sites for hydroxylation is 1. The van der Waals surface area contributed by atoms with Gasteiger partial charge >= 0.3 is 5.97 Å². The summed E-state index contributed by atoms with van der Waals surface area (Å²) in [6.07, 6.45) is 1.63. The molecule has 2 atom stereocenters. The molecule has 2 unspecified atom stereocenters. The van der Waals surface area contributed by atoms with Crippen molar-refractivity contribution in [2.45, 2.75) is 65.1 Å². The summed E-state index contributed by atoms with van der Waals surface area (Å²) >= 11 is 0. The first kappa shape index (κ1) is 30.8. The van der Waals surface area contributed by atoms with Crippen LogP contribution in [-0.4, -0.2) is 43.0 Å². The predicted molar refractivity (Wildman–Crippen MR) is 162 cm³/mol. The molecule has 2 amide bonds. The van der Waals surface area contributed by atoms with E-state index in [1.54, 1.807) is 24.3 Å². The number of ether oxygens (including phenoxy) is 1. The molecule has 0 saturated heterocycles. The Morgan fingerprint density at radius 3 is 2.50 bits per heavy atom. The summed E-state index contributed by atoms with van der Waals surface area (Å²) in [7, 11) is 0. The van der Waals surface area contributed by atoms with Gasteiger partial charge < -0.3 is 20.3 Å². The van der Waals surface area contributed by atoms with Gasteiger partial charge in [0.05, 0.1) is 0 Å². The maximum Gasteiger partial charge on any atom is 0.306 e. The lowest BCUT2D eigenvalue weighted by molar-refractivity contribution is -0.145. The first-order valence-electron chi connectivity index (χ1n) is 14.6. The zero-order valence-corrected chi connectivity index (χ0v) is 24.6. The average molecular weight is 574 g/mol. The number of carbonyl (C=O) groups excluding carboxylic acids is 3. The highest BCUT2D eigenvalue weighted by molar-refractivity contribution is 5.97. The minimum Gasteiger partial charge on any atom is -0.461 e. The van der Waals surface area contributed by atoms with Crippen LogP contribution >= 0.6 is 0 Å². The van der Waals surface area contributed by atoms with Crippen molar-refractivity contribution in [1.82, 2.24) is 10.6 Å². The molecule has 1 aliphatic rings. The molecule has 2 N–H and O–H groups in total. The molecular weight excluding hydrogens is 533 g/mol. The Balaban J connectivity index is 1.45. The fourth-order valence-electron chi connectivity index (χ4n) is 5.24. The SMILES string of the molecule is Cc1cccc(C(=O)NC(CC(C)C)C(=O)NC(CCC(=O)OCc2ccccc2)CN2CCc3cc(F)ccc32)c1. The molecule has 0 aromatic heterocycles. The van der Waals surface area contributed by atoms with Crippen molar-refractivity contribution in [3.05, 3.63) is 101 Å². The monoisotopic (exact) mass is 573 g/mol. The van der Waals surface area contributed by atoms with Crippen LogP contribution in [-0.2, 0) is 27.4 Å². The van der Waals surface area contributed by atoms with E-state index in [4.69, 9.17) is 4.74 Å². The third-order valence-electron chi connectivity index (χ3n) is 7.37. The Morgan fingerprint density at radius 1 is 0.976 bits per heavy atom. The smallest absolute Gasteiger partial charge is 0.306 e. The number of nitrogens with zero attached hydrogens (tertiary/aromatic N) is 1. The van der Waals surface area contributed by atoms with E-state index in [2.05, 4.69) is 15.5 Å². The van der Waals surface area contributed by atoms with E-state index in [9.17, 15) is 18.8 Å². The molecule has 8 heteroatoms. The summed E-state index contributed by atoms with van der Waals surface area (Å²) in [6.45, 7) is 7.22. The van der Waals surface area contributed by atoms with Crippen LogP contribution in [0.3, 0.4) is 0 Å². The Hall–Kier alpha value is -4.20. The van der Waals surface area contributed by atoms with Crippen LogP contribution in [0, 0.1) is 18.7 Å². The molecule has 1 aliphatic heterocycles. The van der Waals surface area contributed by atoms with Crippen LogP contribution in [0.5, 0.6) is 0 Å². The van der Waals surface area contributed by atoms with Gasteiger partial charge in [-0.3, -0.25) is 14.4 Å². The van der Waals surface area contributed by atoms with Crippen molar-refractivity contribution >= 4 is 23.5 Å². The van der Waals surface area contributed by atoms with E-state index in [1.807, 2.05) is 63.2 Å². The maximum absolute atomic E-state index is 13.8. The number of fused-ring (bicyclic) bond motifs is 1. The zero-order valence-electron chi connectivity index (χ0n) is 24.6. The third kappa shape index (κ3) is 8.90. The zero-order chi connectivity index (χ0) is 30.1. The van der Waals surface area contributed by atoms with Crippen molar-refractivity contribution in [3.63, 3.8) is 0 Å². The van der Waals surface area contributed by atoms with E-state index in [0.717, 1.165) is 22.4 Å². The lowest BCUT2D eigenvalue weighted by atomic mass is 10.0. The normalized spacial score (nSPS) is 13.8. The summed E-state index contributed by atoms with van der Waals surface area (Å²) in [5.41, 5.74) is 4.20. The standard InChI is InChI=1S/C34H40FN3O4/c1-23(2)18-30(37-33(40)27-11-7-8-24(3)19-27)34(41)36-29(13-15-32(39)42-22-25-9-5-4-6-10-25)21-38-17-16-26-20-28(35)12-14-31(26)38/h4-12,14,19-20,23,29-30H,13,15-18,21-22H2,1-3H3,(H,36,41)(H,37,40). The molecule has 0 spiro atoms. The number of esters is 1. The van der Waals surface area contributed by atoms with E-state index < -0.39 is 12.1 Å². The molecule has 0 radical (unpaired) electrons. The number of amides is 2. The minimum absolute atomic E-state index is 0.117. The van der Waals surface area contributed by atoms with E-state index >= 15 is 0 Å². The second-order valence-electron chi connectivity index (χ2n) is 11.4. The molecule has 42 heavy (non-hydrogen) atoms. The van der Waals surface area contributed by atoms with Crippen molar-refractivity contribution in [2.24, 2.45) is 5.92 Å². The highest BCUT2D eigenvalue weighted by Gasteiger charge is 2.28. The number of benzene rings is 3. The first-order valence-corrected chi connectivity index (χ1v) is 14.6. The van der Waals surface area contributed by atoms with Crippen LogP contribution in [0.15, 0.2) is 72.8 Å². The summed E-state index contributed by atoms with van der Waals surface area (Å²) < 4.78 is 19.3. The van der Waals surface area contributed by atoms with Gasteiger partial charge in [0.25, 0.3) is 5.91 Å². The molecule has 7 nitrogen and oxygen atoms in total. The molecule has 222 valence electrons. The van der Waals surface area contributed by atoms with Crippen molar-refractivity contribution in [2.75, 3.05) is 18.0 Å². The lowest BCUT2D eigenvalue weighted by Gasteiger charge is -2.29. The van der Waals surface area contributed by atoms with Gasteiger partial charge in [0, 0.05) is 36.8 Å². The predicted octanol–water partition coefficient (Wildman–Crippen LogP) is 5.35. The summed E-state index contributed by atoms with van der Waals surface area (Å²) in [5, 5.41) is 6.03. The number of nitrogens with one attached hydrogen (secondary N) is 2. The summed E-state index contributed by atoms with van der Waals surface area (Å²) in [4.78, 5) is 41.4. The van der Waals surface area contributed by atoms with Crippen LogP contribution in [0.1, 0.15) is 60.2 Å². The Kier molecular flexibility index (Phi) is 10.7. The van der Waals surface area contributed by atoms with Gasteiger partial charge in [-0.1, -0.05) is 61.9 Å². The fourth-order valence-corrected chi connectivity index (χ4v) is 5.24. The van der Waals surface area contributed by atoms with Gasteiger partial charge in [-0.2, -0.15) is 0 Å². The van der Waals surface area contributed by atoms with Crippen molar-refractivity contribution < 1.29 is 23.5 Å². The van der Waals surface area contributed by atoms with Crippen LogP contribution < -0.4 is 15.5 Å². The number of hydrogen-bond acceptors (Lipinski definition) is 5. The van der Waals surface area contributed by atoms with Gasteiger partial charge in [0.2, 0.25) is 5.91 Å². The molecule has 0 bridgehead atoms. The fraction of sp³-hybridized carbons (Fsp3) is 0.382. The quantitative estimate of drug-likeness (QED) is 0.269. The summed E-state index contributed by atoms with van der Waals surface area (Å²) in [6, 6.07) is 20.3. The first-order chi connectivity index (χ1) is 20.2. The molecule has 4 rings (SSSR count). The molecule has 0 saturated carbocycles. The van der Waals surface area contributed by atoms with Crippen LogP contribution in [0.2, 0.25) is 0 Å². The second kappa shape index (κ2) is 14.6. The second-order valence-corrected chi connectivity index (χ2v) is 11.4. The van der Waals surface area contributed by atoms with Gasteiger partial charge in [-0.25, -0.2) is 4.39 Å². The molecule has 0 aliphatic carbocycles. The van der Waals surface area contributed by atoms with E-state index in [-0.39, 0.29) is 42.5 Å². The topological polar surface area (TPSA) is 87.7 Å². The van der Waals surface area contributed by atoms with Gasteiger partial charge in [0.1, 0.15) is 18.5 Å². The number of anilines is 1. The summed E-state index contributed by atoms with van der Waals surface area (Å²) in [5.74, 6) is -1.08. The Morgan fingerprint density at radius 2 is 1.76 bits per heavy atom. The molecule has 3 aromatic rings. The van der Waals surface area contributed by atoms with E-state index in [1.165, 1.54) is 6.07 Å². The molecule has 3 aromatic carbocycles. The van der Waals surface area contributed by atoms with Crippen molar-refractivity contribution in [3.8, 4) is 0 Å². The van der Waals surface area contributed by atoms with Gasteiger partial charge in [0.15, 0.2) is 0 Å². The number of carbonyl (C=O) groups is 3. The van der Waals surface area contributed by atoms with Crippen LogP contribution in [0.4, 0.5) is 10.1 Å². The number of halogens is 1. The largest absolute Gasteiger partial charge is 0.461 e. The highest BCUT2D eigenvalue weighted by Crippen LogP contribution is 2.29. The average Bonchev–Trinajstić information content (AvgIpc) is 3.36. The van der Waals surface area contributed by atoms with Gasteiger partial charge in [-0.15, -0.1) is 0 Å². The molecular formula is C34H40FN3O4. The van der Waals surface area contributed by atoms with Gasteiger partial charge in [-0.05, 0) is 73.6 Å². The molecule has 0 fully saturated rings. The Bertz CT molecular complexity index is 1380. The minimum atomic E-state index is -0.745. The van der Waals surface area contributed by atoms with Crippen molar-refractivity contribution in [1.29, 1.82) is 0 Å². The Labute approximate surface area is 247 Å². The van der Waals surface area contributed by atoms with E-state index in [0.29, 0.717) is 37.9 Å². The third-order valence-corrected chi connectivity index (χ3v) is 7.37. The lowest BCUT2D eigenvalue weighted by Crippen LogP contribution is -2.52. The number of hydrogen-bond donors (Lipinski definition) is 2. The molecule has 1 heterocycles. The number of rotatable bonds is 13.